The van der Waals surface area contributed by atoms with Crippen LogP contribution >= 0.6 is 0 Å². The molecule has 2 N–H and O–H groups in total. The van der Waals surface area contributed by atoms with E-state index in [0.717, 1.165) is 24.2 Å². The zero-order chi connectivity index (χ0) is 11.0. The molecule has 0 radical (unpaired) electrons. The van der Waals surface area contributed by atoms with Gasteiger partial charge in [-0.05, 0) is 24.7 Å². The SMILES string of the molecule is C=C1NC(=C)C2(C)C3CC(CC3O)C12C. The summed E-state index contributed by atoms with van der Waals surface area (Å²) in [5.41, 5.74) is 2.27. The molecule has 1 aliphatic heterocycles. The minimum absolute atomic E-state index is 0.00637. The van der Waals surface area contributed by atoms with Crippen LogP contribution in [0.2, 0.25) is 0 Å². The van der Waals surface area contributed by atoms with Crippen LogP contribution < -0.4 is 5.32 Å². The summed E-state index contributed by atoms with van der Waals surface area (Å²) >= 11 is 0. The fourth-order valence-corrected chi connectivity index (χ4v) is 4.46. The zero-order valence-electron chi connectivity index (χ0n) is 9.51. The fraction of sp³-hybridized carbons (Fsp3) is 0.692. The molecular formula is C13H19NO. The zero-order valence-corrected chi connectivity index (χ0v) is 9.51. The summed E-state index contributed by atoms with van der Waals surface area (Å²) in [6.45, 7) is 12.8. The predicted octanol–water partition coefficient (Wildman–Crippen LogP) is 2.03. The molecule has 2 nitrogen and oxygen atoms in total. The van der Waals surface area contributed by atoms with Gasteiger partial charge in [0, 0.05) is 22.2 Å². The number of fused-ring (bicyclic) bond motifs is 5. The van der Waals surface area contributed by atoms with E-state index in [1.807, 2.05) is 0 Å². The highest BCUT2D eigenvalue weighted by Gasteiger charge is 2.70. The highest BCUT2D eigenvalue weighted by molar-refractivity contribution is 5.40. The van der Waals surface area contributed by atoms with Gasteiger partial charge < -0.3 is 10.4 Å². The Labute approximate surface area is 91.1 Å². The summed E-state index contributed by atoms with van der Waals surface area (Å²) in [4.78, 5) is 0. The largest absolute Gasteiger partial charge is 0.393 e. The van der Waals surface area contributed by atoms with Gasteiger partial charge in [-0.3, -0.25) is 0 Å². The third-order valence-electron chi connectivity index (χ3n) is 5.72. The van der Waals surface area contributed by atoms with Crippen LogP contribution in [0, 0.1) is 22.7 Å². The molecule has 3 fully saturated rings. The lowest BCUT2D eigenvalue weighted by atomic mass is 9.57. The highest BCUT2D eigenvalue weighted by Crippen LogP contribution is 2.72. The van der Waals surface area contributed by atoms with Crippen LogP contribution in [0.15, 0.2) is 24.6 Å². The minimum Gasteiger partial charge on any atom is -0.393 e. The molecule has 2 heteroatoms. The van der Waals surface area contributed by atoms with Gasteiger partial charge in [-0.1, -0.05) is 27.0 Å². The Balaban J connectivity index is 2.19. The van der Waals surface area contributed by atoms with Crippen molar-refractivity contribution in [2.24, 2.45) is 22.7 Å². The number of allylic oxidation sites excluding steroid dienone is 2. The highest BCUT2D eigenvalue weighted by atomic mass is 16.3. The van der Waals surface area contributed by atoms with E-state index in [1.165, 1.54) is 0 Å². The Morgan fingerprint density at radius 1 is 1.20 bits per heavy atom. The van der Waals surface area contributed by atoms with Crippen LogP contribution in [-0.4, -0.2) is 11.2 Å². The smallest absolute Gasteiger partial charge is 0.0580 e. The van der Waals surface area contributed by atoms with Crippen LogP contribution in [0.1, 0.15) is 26.7 Å². The second-order valence-electron chi connectivity index (χ2n) is 5.83. The Morgan fingerprint density at radius 2 is 1.80 bits per heavy atom. The molecule has 2 aliphatic carbocycles. The molecule has 0 amide bonds. The van der Waals surface area contributed by atoms with Crippen LogP contribution in [-0.2, 0) is 0 Å². The van der Waals surface area contributed by atoms with Crippen LogP contribution in [0.3, 0.4) is 0 Å². The normalized spacial score (nSPS) is 57.1. The van der Waals surface area contributed by atoms with Crippen molar-refractivity contribution >= 4 is 0 Å². The van der Waals surface area contributed by atoms with Gasteiger partial charge in [0.25, 0.3) is 0 Å². The lowest BCUT2D eigenvalue weighted by Crippen LogP contribution is -2.45. The molecule has 0 aromatic heterocycles. The Morgan fingerprint density at radius 3 is 2.47 bits per heavy atom. The Bertz CT molecular complexity index is 375. The van der Waals surface area contributed by atoms with Crippen molar-refractivity contribution in [2.75, 3.05) is 0 Å². The maximum Gasteiger partial charge on any atom is 0.0580 e. The lowest BCUT2D eigenvalue weighted by molar-refractivity contribution is -0.00459. The quantitative estimate of drug-likeness (QED) is 0.634. The Hall–Kier alpha value is -0.760. The topological polar surface area (TPSA) is 32.3 Å². The van der Waals surface area contributed by atoms with Crippen molar-refractivity contribution in [1.82, 2.24) is 5.32 Å². The first-order valence-electron chi connectivity index (χ1n) is 5.76. The lowest BCUT2D eigenvalue weighted by Gasteiger charge is -2.45. The van der Waals surface area contributed by atoms with Crippen molar-refractivity contribution in [3.8, 4) is 0 Å². The van der Waals surface area contributed by atoms with Gasteiger partial charge >= 0.3 is 0 Å². The molecule has 0 aromatic rings. The van der Waals surface area contributed by atoms with Crippen molar-refractivity contribution in [1.29, 1.82) is 0 Å². The van der Waals surface area contributed by atoms with E-state index in [4.69, 9.17) is 0 Å². The van der Waals surface area contributed by atoms with Crippen LogP contribution in [0.4, 0.5) is 0 Å². The van der Waals surface area contributed by atoms with E-state index < -0.39 is 0 Å². The van der Waals surface area contributed by atoms with Gasteiger partial charge in [-0.15, -0.1) is 0 Å². The molecule has 1 saturated heterocycles. The molecule has 1 heterocycles. The Kier molecular flexibility index (Phi) is 1.46. The summed E-state index contributed by atoms with van der Waals surface area (Å²) in [7, 11) is 0. The second kappa shape index (κ2) is 2.32. The average molecular weight is 205 g/mol. The molecule has 2 saturated carbocycles. The van der Waals surface area contributed by atoms with Crippen LogP contribution in [0.25, 0.3) is 0 Å². The van der Waals surface area contributed by atoms with Gasteiger partial charge in [0.1, 0.15) is 0 Å². The maximum atomic E-state index is 10.1. The number of rotatable bonds is 0. The van der Waals surface area contributed by atoms with E-state index in [-0.39, 0.29) is 16.9 Å². The van der Waals surface area contributed by atoms with Gasteiger partial charge in [0.15, 0.2) is 0 Å². The monoisotopic (exact) mass is 205 g/mol. The third-order valence-corrected chi connectivity index (χ3v) is 5.72. The van der Waals surface area contributed by atoms with E-state index in [1.54, 1.807) is 0 Å². The van der Waals surface area contributed by atoms with Gasteiger partial charge in [-0.25, -0.2) is 0 Å². The van der Waals surface area contributed by atoms with E-state index >= 15 is 0 Å². The van der Waals surface area contributed by atoms with Crippen molar-refractivity contribution in [3.05, 3.63) is 24.6 Å². The molecule has 5 unspecified atom stereocenters. The summed E-state index contributed by atoms with van der Waals surface area (Å²) in [6, 6.07) is 0. The first-order valence-corrected chi connectivity index (χ1v) is 5.76. The number of aliphatic hydroxyl groups excluding tert-OH is 1. The first-order chi connectivity index (χ1) is 6.92. The number of aliphatic hydroxyl groups is 1. The maximum absolute atomic E-state index is 10.1. The number of hydrogen-bond donors (Lipinski definition) is 2. The second-order valence-corrected chi connectivity index (χ2v) is 5.83. The van der Waals surface area contributed by atoms with Crippen LogP contribution in [0.5, 0.6) is 0 Å². The standard InChI is InChI=1S/C13H19NO/c1-7-12(3)9-5-10(11(15)6-9)13(12,4)8(2)14-7/h9-11,14-15H,1-2,5-6H2,3-4H3. The predicted molar refractivity (Wildman–Crippen MR) is 59.9 cm³/mol. The molecule has 0 aromatic carbocycles. The van der Waals surface area contributed by atoms with Gasteiger partial charge in [0.2, 0.25) is 0 Å². The molecule has 3 rings (SSSR count). The molecule has 0 spiro atoms. The van der Waals surface area contributed by atoms with Crippen molar-refractivity contribution in [3.63, 3.8) is 0 Å². The fourth-order valence-electron chi connectivity index (χ4n) is 4.46. The molecular weight excluding hydrogens is 186 g/mol. The summed E-state index contributed by atoms with van der Waals surface area (Å²) in [6.07, 6.45) is 1.93. The summed E-state index contributed by atoms with van der Waals surface area (Å²) < 4.78 is 0. The van der Waals surface area contributed by atoms with Crippen molar-refractivity contribution in [2.45, 2.75) is 32.8 Å². The van der Waals surface area contributed by atoms with Gasteiger partial charge in [0.05, 0.1) is 6.10 Å². The average Bonchev–Trinajstić information content (AvgIpc) is 2.69. The molecule has 3 aliphatic rings. The van der Waals surface area contributed by atoms with Crippen molar-refractivity contribution < 1.29 is 5.11 Å². The molecule has 15 heavy (non-hydrogen) atoms. The minimum atomic E-state index is -0.141. The first kappa shape index (κ1) is 9.46. The molecule has 82 valence electrons. The summed E-state index contributed by atoms with van der Waals surface area (Å²) in [5, 5.41) is 13.4. The van der Waals surface area contributed by atoms with E-state index in [0.29, 0.717) is 11.8 Å². The van der Waals surface area contributed by atoms with Gasteiger partial charge in [-0.2, -0.15) is 0 Å². The number of hydrogen-bond acceptors (Lipinski definition) is 2. The molecule has 2 bridgehead atoms. The molecule has 5 atom stereocenters. The third kappa shape index (κ3) is 0.719. The summed E-state index contributed by atoms with van der Waals surface area (Å²) in [5.74, 6) is 0.938. The van der Waals surface area contributed by atoms with E-state index in [2.05, 4.69) is 32.3 Å². The van der Waals surface area contributed by atoms with E-state index in [9.17, 15) is 5.11 Å². The number of nitrogens with one attached hydrogen (secondary N) is 1.